The van der Waals surface area contributed by atoms with E-state index >= 15 is 0 Å². The standard InChI is InChI=1S/C16H30N2S/c1-3-5-6-7-8-10-15(13-17)18(4-2)14-16-11-9-12-19-16/h9,11-12,15H,3-8,10,13-14,17H2,1-2H3. The zero-order chi connectivity index (χ0) is 13.9. The average molecular weight is 282 g/mol. The van der Waals surface area contributed by atoms with Crippen molar-refractivity contribution in [3.8, 4) is 0 Å². The van der Waals surface area contributed by atoms with E-state index in [0.717, 1.165) is 19.6 Å². The maximum absolute atomic E-state index is 5.98. The van der Waals surface area contributed by atoms with Gasteiger partial charge in [0, 0.05) is 24.0 Å². The van der Waals surface area contributed by atoms with Crippen molar-refractivity contribution < 1.29 is 0 Å². The van der Waals surface area contributed by atoms with Gasteiger partial charge in [0.15, 0.2) is 0 Å². The van der Waals surface area contributed by atoms with Crippen LogP contribution >= 0.6 is 11.3 Å². The molecule has 1 heterocycles. The quantitative estimate of drug-likeness (QED) is 0.615. The predicted molar refractivity (Wildman–Crippen MR) is 86.6 cm³/mol. The van der Waals surface area contributed by atoms with Crippen LogP contribution in [0.1, 0.15) is 57.2 Å². The van der Waals surface area contributed by atoms with E-state index in [1.165, 1.54) is 43.4 Å². The molecule has 0 fully saturated rings. The summed E-state index contributed by atoms with van der Waals surface area (Å²) in [6.45, 7) is 7.45. The zero-order valence-electron chi connectivity index (χ0n) is 12.6. The fourth-order valence-corrected chi connectivity index (χ4v) is 3.26. The Balaban J connectivity index is 2.33. The van der Waals surface area contributed by atoms with Crippen molar-refractivity contribution in [2.24, 2.45) is 5.73 Å². The van der Waals surface area contributed by atoms with Crippen LogP contribution in [0.3, 0.4) is 0 Å². The molecule has 1 unspecified atom stereocenters. The van der Waals surface area contributed by atoms with Crippen LogP contribution in [0, 0.1) is 0 Å². The highest BCUT2D eigenvalue weighted by Gasteiger charge is 2.15. The van der Waals surface area contributed by atoms with Gasteiger partial charge in [0.2, 0.25) is 0 Å². The number of rotatable bonds is 11. The number of nitrogens with two attached hydrogens (primary N) is 1. The molecular weight excluding hydrogens is 252 g/mol. The molecule has 3 heteroatoms. The molecule has 1 aromatic rings. The molecule has 0 aliphatic rings. The second kappa shape index (κ2) is 10.4. The highest BCUT2D eigenvalue weighted by molar-refractivity contribution is 7.09. The van der Waals surface area contributed by atoms with Crippen molar-refractivity contribution >= 4 is 11.3 Å². The summed E-state index contributed by atoms with van der Waals surface area (Å²) in [4.78, 5) is 3.98. The van der Waals surface area contributed by atoms with Crippen LogP contribution in [0.5, 0.6) is 0 Å². The Bertz CT molecular complexity index is 298. The van der Waals surface area contributed by atoms with Crippen LogP contribution in [-0.4, -0.2) is 24.0 Å². The minimum atomic E-state index is 0.550. The van der Waals surface area contributed by atoms with Gasteiger partial charge in [-0.2, -0.15) is 0 Å². The Morgan fingerprint density at radius 2 is 2.00 bits per heavy atom. The van der Waals surface area contributed by atoms with Crippen molar-refractivity contribution in [2.45, 2.75) is 65.0 Å². The summed E-state index contributed by atoms with van der Waals surface area (Å²) in [5.41, 5.74) is 5.98. The van der Waals surface area contributed by atoms with Crippen molar-refractivity contribution in [3.05, 3.63) is 22.4 Å². The second-order valence-electron chi connectivity index (χ2n) is 5.23. The van der Waals surface area contributed by atoms with Crippen LogP contribution in [0.15, 0.2) is 17.5 Å². The molecule has 1 rings (SSSR count). The summed E-state index contributed by atoms with van der Waals surface area (Å²) in [5.74, 6) is 0. The molecule has 0 bridgehead atoms. The molecule has 1 aromatic heterocycles. The first-order chi connectivity index (χ1) is 9.31. The summed E-state index contributed by atoms with van der Waals surface area (Å²) >= 11 is 1.85. The van der Waals surface area contributed by atoms with Crippen LogP contribution < -0.4 is 5.73 Å². The number of nitrogens with zero attached hydrogens (tertiary/aromatic N) is 1. The Morgan fingerprint density at radius 1 is 1.21 bits per heavy atom. The molecule has 0 spiro atoms. The van der Waals surface area contributed by atoms with Gasteiger partial charge in [-0.1, -0.05) is 52.0 Å². The number of hydrogen-bond acceptors (Lipinski definition) is 3. The highest BCUT2D eigenvalue weighted by Crippen LogP contribution is 2.17. The van der Waals surface area contributed by atoms with E-state index in [4.69, 9.17) is 5.73 Å². The molecule has 0 radical (unpaired) electrons. The van der Waals surface area contributed by atoms with E-state index in [1.54, 1.807) is 0 Å². The topological polar surface area (TPSA) is 29.3 Å². The number of thiophene rings is 1. The monoisotopic (exact) mass is 282 g/mol. The molecule has 2 N–H and O–H groups in total. The zero-order valence-corrected chi connectivity index (χ0v) is 13.4. The molecule has 0 aliphatic heterocycles. The Hall–Kier alpha value is -0.380. The lowest BCUT2D eigenvalue weighted by Gasteiger charge is -2.29. The largest absolute Gasteiger partial charge is 0.329 e. The smallest absolute Gasteiger partial charge is 0.0331 e. The molecule has 0 saturated heterocycles. The number of likely N-dealkylation sites (N-methyl/N-ethyl adjacent to an activating group) is 1. The van der Waals surface area contributed by atoms with Crippen molar-refractivity contribution in [1.29, 1.82) is 0 Å². The lowest BCUT2D eigenvalue weighted by Crippen LogP contribution is -2.39. The normalized spacial score (nSPS) is 13.1. The summed E-state index contributed by atoms with van der Waals surface area (Å²) in [6.07, 6.45) is 8.01. The molecule has 110 valence electrons. The van der Waals surface area contributed by atoms with Gasteiger partial charge in [0.1, 0.15) is 0 Å². The third kappa shape index (κ3) is 6.55. The van der Waals surface area contributed by atoms with Crippen LogP contribution in [0.25, 0.3) is 0 Å². The molecule has 0 aliphatic carbocycles. The summed E-state index contributed by atoms with van der Waals surface area (Å²) in [7, 11) is 0. The Kier molecular flexibility index (Phi) is 9.14. The molecule has 2 nitrogen and oxygen atoms in total. The third-order valence-corrected chi connectivity index (χ3v) is 4.64. The second-order valence-corrected chi connectivity index (χ2v) is 6.27. The molecule has 0 aromatic carbocycles. The first kappa shape index (κ1) is 16.7. The molecule has 0 saturated carbocycles. The number of hydrogen-bond donors (Lipinski definition) is 1. The lowest BCUT2D eigenvalue weighted by atomic mass is 10.0. The number of unbranched alkanes of at least 4 members (excludes halogenated alkanes) is 4. The van der Waals surface area contributed by atoms with E-state index in [0.29, 0.717) is 6.04 Å². The summed E-state index contributed by atoms with van der Waals surface area (Å²) in [5, 5.41) is 2.16. The maximum Gasteiger partial charge on any atom is 0.0331 e. The van der Waals surface area contributed by atoms with E-state index < -0.39 is 0 Å². The first-order valence-corrected chi connectivity index (χ1v) is 8.66. The molecular formula is C16H30N2S. The van der Waals surface area contributed by atoms with Gasteiger partial charge < -0.3 is 5.73 Å². The van der Waals surface area contributed by atoms with E-state index in [1.807, 2.05) is 11.3 Å². The van der Waals surface area contributed by atoms with Crippen LogP contribution in [-0.2, 0) is 6.54 Å². The minimum Gasteiger partial charge on any atom is -0.329 e. The van der Waals surface area contributed by atoms with E-state index in [9.17, 15) is 0 Å². The lowest BCUT2D eigenvalue weighted by molar-refractivity contribution is 0.190. The van der Waals surface area contributed by atoms with Gasteiger partial charge in [0.25, 0.3) is 0 Å². The SMILES string of the molecule is CCCCCCCC(CN)N(CC)Cc1cccs1. The van der Waals surface area contributed by atoms with Gasteiger partial charge in [0.05, 0.1) is 0 Å². The molecule has 19 heavy (non-hydrogen) atoms. The van der Waals surface area contributed by atoms with E-state index in [2.05, 4.69) is 36.3 Å². The van der Waals surface area contributed by atoms with Gasteiger partial charge in [-0.25, -0.2) is 0 Å². The van der Waals surface area contributed by atoms with Gasteiger partial charge in [-0.3, -0.25) is 4.90 Å². The summed E-state index contributed by atoms with van der Waals surface area (Å²) in [6, 6.07) is 4.91. The fraction of sp³-hybridized carbons (Fsp3) is 0.750. The summed E-state index contributed by atoms with van der Waals surface area (Å²) < 4.78 is 0. The van der Waals surface area contributed by atoms with Crippen molar-refractivity contribution in [1.82, 2.24) is 4.90 Å². The average Bonchev–Trinajstić information content (AvgIpc) is 2.94. The minimum absolute atomic E-state index is 0.550. The maximum atomic E-state index is 5.98. The van der Waals surface area contributed by atoms with Crippen LogP contribution in [0.4, 0.5) is 0 Å². The van der Waals surface area contributed by atoms with Crippen molar-refractivity contribution in [2.75, 3.05) is 13.1 Å². The molecule has 0 amide bonds. The van der Waals surface area contributed by atoms with E-state index in [-0.39, 0.29) is 0 Å². The Morgan fingerprint density at radius 3 is 2.58 bits per heavy atom. The molecule has 1 atom stereocenters. The first-order valence-electron chi connectivity index (χ1n) is 7.78. The van der Waals surface area contributed by atoms with Crippen molar-refractivity contribution in [3.63, 3.8) is 0 Å². The predicted octanol–water partition coefficient (Wildman–Crippen LogP) is 4.26. The fourth-order valence-electron chi connectivity index (χ4n) is 2.53. The van der Waals surface area contributed by atoms with Gasteiger partial charge in [-0.05, 0) is 24.4 Å². The van der Waals surface area contributed by atoms with Gasteiger partial charge in [-0.15, -0.1) is 11.3 Å². The van der Waals surface area contributed by atoms with Gasteiger partial charge >= 0.3 is 0 Å². The van der Waals surface area contributed by atoms with Crippen LogP contribution in [0.2, 0.25) is 0 Å². The Labute approximate surface area is 123 Å². The highest BCUT2D eigenvalue weighted by atomic mass is 32.1. The third-order valence-electron chi connectivity index (χ3n) is 3.77.